The van der Waals surface area contributed by atoms with E-state index in [4.69, 9.17) is 0 Å². The molecule has 0 atom stereocenters. The molecule has 3 aromatic rings. The SMILES string of the molecule is O=C(c1[c-]c(C(=O)c2ccccn2)ccc1)c1ccccn1. The summed E-state index contributed by atoms with van der Waals surface area (Å²) in [7, 11) is 0. The number of hydrogen-bond donors (Lipinski definition) is 0. The Morgan fingerprint density at radius 3 is 1.59 bits per heavy atom. The van der Waals surface area contributed by atoms with Gasteiger partial charge in [-0.25, -0.2) is 0 Å². The molecule has 4 heteroatoms. The van der Waals surface area contributed by atoms with Gasteiger partial charge in [-0.05, 0) is 24.3 Å². The normalized spacial score (nSPS) is 10.2. The van der Waals surface area contributed by atoms with Crippen molar-refractivity contribution in [2.75, 3.05) is 0 Å². The van der Waals surface area contributed by atoms with Gasteiger partial charge < -0.3 is 9.59 Å². The molecule has 0 fully saturated rings. The van der Waals surface area contributed by atoms with Gasteiger partial charge in [0.2, 0.25) is 0 Å². The van der Waals surface area contributed by atoms with E-state index in [0.29, 0.717) is 22.5 Å². The second-order valence-electron chi connectivity index (χ2n) is 4.57. The summed E-state index contributed by atoms with van der Waals surface area (Å²) in [6.07, 6.45) is 3.10. The predicted octanol–water partition coefficient (Wildman–Crippen LogP) is 2.74. The number of ketones is 2. The van der Waals surface area contributed by atoms with Crippen LogP contribution in [0.5, 0.6) is 0 Å². The maximum atomic E-state index is 12.3. The van der Waals surface area contributed by atoms with E-state index in [2.05, 4.69) is 16.0 Å². The molecule has 0 saturated carbocycles. The van der Waals surface area contributed by atoms with Crippen molar-refractivity contribution in [1.82, 2.24) is 9.97 Å². The molecule has 2 aromatic heterocycles. The van der Waals surface area contributed by atoms with Gasteiger partial charge in [-0.1, -0.05) is 23.3 Å². The highest BCUT2D eigenvalue weighted by molar-refractivity contribution is 6.11. The average Bonchev–Trinajstić information content (AvgIpc) is 2.62. The second kappa shape index (κ2) is 6.10. The molecule has 1 aromatic carbocycles. The predicted molar refractivity (Wildman–Crippen MR) is 80.6 cm³/mol. The molecule has 3 rings (SSSR count). The fourth-order valence-corrected chi connectivity index (χ4v) is 2.00. The molecule has 0 spiro atoms. The number of rotatable bonds is 4. The lowest BCUT2D eigenvalue weighted by atomic mass is 10.0. The first-order chi connectivity index (χ1) is 10.8. The molecule has 0 aliphatic carbocycles. The first kappa shape index (κ1) is 13.8. The van der Waals surface area contributed by atoms with Crippen LogP contribution >= 0.6 is 0 Å². The first-order valence-corrected chi connectivity index (χ1v) is 6.69. The number of aromatic nitrogens is 2. The maximum Gasteiger partial charge on any atom is 0.143 e. The van der Waals surface area contributed by atoms with Crippen LogP contribution in [0.4, 0.5) is 0 Å². The lowest BCUT2D eigenvalue weighted by Crippen LogP contribution is -2.08. The van der Waals surface area contributed by atoms with E-state index in [-0.39, 0.29) is 11.6 Å². The Morgan fingerprint density at radius 1 is 0.682 bits per heavy atom. The number of nitrogens with zero attached hydrogens (tertiary/aromatic N) is 2. The quantitative estimate of drug-likeness (QED) is 0.547. The van der Waals surface area contributed by atoms with Crippen LogP contribution in [0.25, 0.3) is 0 Å². The molecule has 0 saturated heterocycles. The van der Waals surface area contributed by atoms with Crippen LogP contribution in [0.2, 0.25) is 0 Å². The summed E-state index contributed by atoms with van der Waals surface area (Å²) in [4.78, 5) is 32.7. The number of benzene rings is 1. The van der Waals surface area contributed by atoms with E-state index < -0.39 is 0 Å². The number of carbonyl (C=O) groups excluding carboxylic acids is 2. The number of carbonyl (C=O) groups is 2. The van der Waals surface area contributed by atoms with Crippen molar-refractivity contribution in [3.05, 3.63) is 95.6 Å². The van der Waals surface area contributed by atoms with Crippen molar-refractivity contribution in [3.8, 4) is 0 Å². The molecular formula is C18H11N2O2-. The van der Waals surface area contributed by atoms with Gasteiger partial charge in [-0.3, -0.25) is 9.97 Å². The van der Waals surface area contributed by atoms with Crippen molar-refractivity contribution >= 4 is 11.6 Å². The fraction of sp³-hybridized carbons (Fsp3) is 0. The summed E-state index contributed by atoms with van der Waals surface area (Å²) < 4.78 is 0. The summed E-state index contributed by atoms with van der Waals surface area (Å²) in [6, 6.07) is 18.0. The van der Waals surface area contributed by atoms with Gasteiger partial charge in [-0.2, -0.15) is 0 Å². The van der Waals surface area contributed by atoms with Crippen molar-refractivity contribution < 1.29 is 9.59 Å². The Labute approximate surface area is 127 Å². The fourth-order valence-electron chi connectivity index (χ4n) is 2.00. The zero-order valence-corrected chi connectivity index (χ0v) is 11.6. The molecule has 22 heavy (non-hydrogen) atoms. The zero-order valence-electron chi connectivity index (χ0n) is 11.6. The van der Waals surface area contributed by atoms with Gasteiger partial charge in [0, 0.05) is 12.4 Å². The van der Waals surface area contributed by atoms with Crippen LogP contribution in [0.1, 0.15) is 32.1 Å². The third kappa shape index (κ3) is 2.81. The third-order valence-electron chi connectivity index (χ3n) is 3.08. The van der Waals surface area contributed by atoms with Crippen LogP contribution in [-0.4, -0.2) is 21.5 Å². The largest absolute Gasteiger partial charge is 0.333 e. The first-order valence-electron chi connectivity index (χ1n) is 6.69. The van der Waals surface area contributed by atoms with Gasteiger partial charge in [-0.15, -0.1) is 24.3 Å². The maximum absolute atomic E-state index is 12.3. The van der Waals surface area contributed by atoms with Gasteiger partial charge in [0.05, 0.1) is 11.4 Å². The van der Waals surface area contributed by atoms with Crippen LogP contribution in [0.3, 0.4) is 0 Å². The molecule has 0 aliphatic heterocycles. The van der Waals surface area contributed by atoms with Gasteiger partial charge in [0.1, 0.15) is 11.6 Å². The Balaban J connectivity index is 1.94. The molecule has 2 heterocycles. The van der Waals surface area contributed by atoms with E-state index in [1.165, 1.54) is 0 Å². The Kier molecular flexibility index (Phi) is 3.83. The van der Waals surface area contributed by atoms with E-state index >= 15 is 0 Å². The van der Waals surface area contributed by atoms with Crippen LogP contribution < -0.4 is 0 Å². The van der Waals surface area contributed by atoms with E-state index in [1.807, 2.05) is 0 Å². The summed E-state index contributed by atoms with van der Waals surface area (Å²) in [5, 5.41) is 0. The molecule has 0 N–H and O–H groups in total. The zero-order chi connectivity index (χ0) is 15.4. The lowest BCUT2D eigenvalue weighted by molar-refractivity contribution is 0.103. The minimum absolute atomic E-state index is 0.267. The molecule has 0 amide bonds. The van der Waals surface area contributed by atoms with Crippen LogP contribution in [0, 0.1) is 6.07 Å². The lowest BCUT2D eigenvalue weighted by Gasteiger charge is -2.10. The van der Waals surface area contributed by atoms with Gasteiger partial charge in [0.25, 0.3) is 0 Å². The van der Waals surface area contributed by atoms with Gasteiger partial charge >= 0.3 is 0 Å². The highest BCUT2D eigenvalue weighted by Crippen LogP contribution is 2.12. The van der Waals surface area contributed by atoms with Crippen molar-refractivity contribution in [2.24, 2.45) is 0 Å². The summed E-state index contributed by atoms with van der Waals surface area (Å²) in [5.41, 5.74) is 1.25. The molecule has 0 bridgehead atoms. The van der Waals surface area contributed by atoms with Crippen molar-refractivity contribution in [3.63, 3.8) is 0 Å². The summed E-state index contributed by atoms with van der Waals surface area (Å²) in [6.45, 7) is 0. The monoisotopic (exact) mass is 287 g/mol. The molecule has 0 aliphatic rings. The second-order valence-corrected chi connectivity index (χ2v) is 4.57. The topological polar surface area (TPSA) is 59.9 Å². The van der Waals surface area contributed by atoms with Gasteiger partial charge in [0.15, 0.2) is 0 Å². The molecule has 4 nitrogen and oxygen atoms in total. The van der Waals surface area contributed by atoms with E-state index in [0.717, 1.165) is 0 Å². The third-order valence-corrected chi connectivity index (χ3v) is 3.08. The van der Waals surface area contributed by atoms with Crippen LogP contribution in [-0.2, 0) is 0 Å². The molecule has 0 unspecified atom stereocenters. The average molecular weight is 287 g/mol. The Morgan fingerprint density at radius 2 is 1.18 bits per heavy atom. The number of pyridine rings is 2. The highest BCUT2D eigenvalue weighted by Gasteiger charge is 2.08. The summed E-state index contributed by atoms with van der Waals surface area (Å²) in [5.74, 6) is -0.535. The Hall–Kier alpha value is -3.14. The smallest absolute Gasteiger partial charge is 0.143 e. The summed E-state index contributed by atoms with van der Waals surface area (Å²) >= 11 is 0. The minimum atomic E-state index is -0.267. The minimum Gasteiger partial charge on any atom is -0.333 e. The van der Waals surface area contributed by atoms with Crippen molar-refractivity contribution in [1.29, 1.82) is 0 Å². The molecule has 106 valence electrons. The molecular weight excluding hydrogens is 276 g/mol. The van der Waals surface area contributed by atoms with Crippen molar-refractivity contribution in [2.45, 2.75) is 0 Å². The van der Waals surface area contributed by atoms with Crippen LogP contribution in [0.15, 0.2) is 67.0 Å². The van der Waals surface area contributed by atoms with E-state index in [9.17, 15) is 9.59 Å². The highest BCUT2D eigenvalue weighted by atomic mass is 16.1. The Bertz CT molecular complexity index is 748. The van der Waals surface area contributed by atoms with E-state index in [1.54, 1.807) is 67.0 Å². The standard InChI is InChI=1S/C18H11N2O2/c21-17(15-8-1-3-10-19-15)13-6-5-7-14(12-13)18(22)16-9-2-4-11-20-16/h1-11H/q-1. The number of hydrogen-bond acceptors (Lipinski definition) is 4. The molecule has 0 radical (unpaired) electrons.